The highest BCUT2D eigenvalue weighted by Gasteiger charge is 2.43. The molecule has 0 bridgehead atoms. The van der Waals surface area contributed by atoms with Gasteiger partial charge in [0.15, 0.2) is 5.78 Å². The second-order valence-electron chi connectivity index (χ2n) is 10.0. The molecule has 5 nitrogen and oxygen atoms in total. The summed E-state index contributed by atoms with van der Waals surface area (Å²) in [5, 5.41) is 9.35. The Morgan fingerprint density at radius 2 is 1.88 bits per heavy atom. The van der Waals surface area contributed by atoms with Gasteiger partial charge >= 0.3 is 0 Å². The number of morpholine rings is 1. The highest BCUT2D eigenvalue weighted by molar-refractivity contribution is 6.33. The average Bonchev–Trinajstić information content (AvgIpc) is 3.23. The molecule has 0 spiro atoms. The molecule has 5 rings (SSSR count). The number of carbonyl (C=O) groups excluding carboxylic acids is 1. The van der Waals surface area contributed by atoms with Gasteiger partial charge in [-0.05, 0) is 67.0 Å². The van der Waals surface area contributed by atoms with Gasteiger partial charge in [-0.3, -0.25) is 9.69 Å². The summed E-state index contributed by atoms with van der Waals surface area (Å²) in [4.78, 5) is 18.3. The van der Waals surface area contributed by atoms with Crippen LogP contribution in [-0.4, -0.2) is 57.6 Å². The molecule has 2 aromatic carbocycles. The van der Waals surface area contributed by atoms with Crippen LogP contribution >= 0.6 is 0 Å². The zero-order valence-electron chi connectivity index (χ0n) is 20.3. The fourth-order valence-corrected chi connectivity index (χ4v) is 5.34. The van der Waals surface area contributed by atoms with E-state index in [9.17, 15) is 10.1 Å². The minimum absolute atomic E-state index is 0.0666. The van der Waals surface area contributed by atoms with Crippen LogP contribution in [0.15, 0.2) is 35.9 Å². The van der Waals surface area contributed by atoms with E-state index < -0.39 is 0 Å². The number of allylic oxidation sites excluding steroid dienone is 2. The molecule has 1 heterocycles. The van der Waals surface area contributed by atoms with Gasteiger partial charge < -0.3 is 9.64 Å². The number of ketones is 1. The standard InChI is InChI=1S/C29H29N3O2/c1-29(2)24-17-26(32-10-12-34-13-11-32)20(6-5-9-31(3)4)15-23(24)28(33)27-22-8-7-19(18-30)14-21(22)16-25(27)29/h7-8,14-15,17H,9-13,16H2,1-4H3. The largest absolute Gasteiger partial charge is 0.378 e. The number of hydrogen-bond acceptors (Lipinski definition) is 5. The Hall–Kier alpha value is -3.38. The number of carbonyl (C=O) groups is 1. The van der Waals surface area contributed by atoms with Gasteiger partial charge in [-0.1, -0.05) is 31.8 Å². The molecule has 1 saturated heterocycles. The van der Waals surface area contributed by atoms with Crippen LogP contribution in [0, 0.1) is 23.2 Å². The minimum Gasteiger partial charge on any atom is -0.378 e. The van der Waals surface area contributed by atoms with Gasteiger partial charge in [0.25, 0.3) is 0 Å². The van der Waals surface area contributed by atoms with Crippen LogP contribution in [-0.2, 0) is 16.6 Å². The molecule has 3 aliphatic rings. The van der Waals surface area contributed by atoms with E-state index in [2.05, 4.69) is 42.7 Å². The smallest absolute Gasteiger partial charge is 0.193 e. The number of hydrogen-bond donors (Lipinski definition) is 0. The highest BCUT2D eigenvalue weighted by Crippen LogP contribution is 2.51. The maximum atomic E-state index is 13.9. The molecular weight excluding hydrogens is 422 g/mol. The number of ether oxygens (including phenoxy) is 1. The van der Waals surface area contributed by atoms with Crippen LogP contribution in [0.25, 0.3) is 5.57 Å². The van der Waals surface area contributed by atoms with Crippen molar-refractivity contribution in [2.75, 3.05) is 51.8 Å². The van der Waals surface area contributed by atoms with Gasteiger partial charge in [-0.2, -0.15) is 5.26 Å². The molecule has 0 atom stereocenters. The summed E-state index contributed by atoms with van der Waals surface area (Å²) in [6, 6.07) is 12.1. The summed E-state index contributed by atoms with van der Waals surface area (Å²) < 4.78 is 5.59. The van der Waals surface area contributed by atoms with Crippen molar-refractivity contribution in [1.82, 2.24) is 4.90 Å². The summed E-state index contributed by atoms with van der Waals surface area (Å²) in [5.41, 5.74) is 8.10. The van der Waals surface area contributed by atoms with E-state index in [1.807, 2.05) is 43.3 Å². The molecule has 1 fully saturated rings. The SMILES string of the molecule is CN(C)CC#Cc1cc2c(cc1N1CCOCC1)C(C)(C)C1=C(C2=O)c2ccc(C#N)cc2C1. The lowest BCUT2D eigenvalue weighted by molar-refractivity contribution is 0.105. The van der Waals surface area contributed by atoms with Crippen molar-refractivity contribution < 1.29 is 9.53 Å². The van der Waals surface area contributed by atoms with Crippen LogP contribution < -0.4 is 4.90 Å². The zero-order valence-corrected chi connectivity index (χ0v) is 20.3. The van der Waals surface area contributed by atoms with Crippen LogP contribution in [0.5, 0.6) is 0 Å². The summed E-state index contributed by atoms with van der Waals surface area (Å²) in [6.45, 7) is 8.09. The van der Waals surface area contributed by atoms with Gasteiger partial charge in [-0.25, -0.2) is 0 Å². The maximum absolute atomic E-state index is 13.9. The lowest BCUT2D eigenvalue weighted by Crippen LogP contribution is -2.37. The third kappa shape index (κ3) is 3.62. The molecule has 0 amide bonds. The van der Waals surface area contributed by atoms with E-state index in [0.717, 1.165) is 57.7 Å². The second kappa shape index (κ2) is 8.44. The van der Waals surface area contributed by atoms with E-state index >= 15 is 0 Å². The number of nitriles is 1. The number of Topliss-reactive ketones (excluding diaryl/α,β-unsaturated/α-hetero) is 1. The fourth-order valence-electron chi connectivity index (χ4n) is 5.34. The van der Waals surface area contributed by atoms with Gasteiger partial charge in [0.05, 0.1) is 37.1 Å². The fraction of sp³-hybridized carbons (Fsp3) is 0.379. The van der Waals surface area contributed by atoms with Crippen molar-refractivity contribution in [3.63, 3.8) is 0 Å². The zero-order chi connectivity index (χ0) is 24.0. The molecule has 1 aliphatic heterocycles. The van der Waals surface area contributed by atoms with Gasteiger partial charge in [0.2, 0.25) is 0 Å². The van der Waals surface area contributed by atoms with E-state index in [4.69, 9.17) is 4.74 Å². The average molecular weight is 452 g/mol. The van der Waals surface area contributed by atoms with Crippen LogP contribution in [0.2, 0.25) is 0 Å². The highest BCUT2D eigenvalue weighted by atomic mass is 16.5. The first kappa shape index (κ1) is 22.4. The van der Waals surface area contributed by atoms with Gasteiger partial charge in [0.1, 0.15) is 0 Å². The van der Waals surface area contributed by atoms with Crippen LogP contribution in [0.4, 0.5) is 5.69 Å². The first-order chi connectivity index (χ1) is 16.3. The molecule has 34 heavy (non-hydrogen) atoms. The Kier molecular flexibility index (Phi) is 5.56. The van der Waals surface area contributed by atoms with E-state index in [-0.39, 0.29) is 11.2 Å². The quantitative estimate of drug-likeness (QED) is 0.651. The summed E-state index contributed by atoms with van der Waals surface area (Å²) in [5.74, 6) is 6.68. The summed E-state index contributed by atoms with van der Waals surface area (Å²) in [6.07, 6.45) is 0.704. The lowest BCUT2D eigenvalue weighted by Gasteiger charge is -2.37. The number of benzene rings is 2. The second-order valence-corrected chi connectivity index (χ2v) is 10.0. The first-order valence-corrected chi connectivity index (χ1v) is 11.8. The molecule has 5 heteroatoms. The monoisotopic (exact) mass is 451 g/mol. The van der Waals surface area contributed by atoms with Crippen molar-refractivity contribution in [3.8, 4) is 17.9 Å². The Balaban J connectivity index is 1.66. The number of nitrogens with zero attached hydrogens (tertiary/aromatic N) is 3. The molecule has 0 unspecified atom stereocenters. The number of rotatable bonds is 2. The van der Waals surface area contributed by atoms with Crippen molar-refractivity contribution in [2.24, 2.45) is 0 Å². The van der Waals surface area contributed by atoms with Gasteiger partial charge in [0, 0.05) is 35.2 Å². The van der Waals surface area contributed by atoms with E-state index in [0.29, 0.717) is 31.7 Å². The third-order valence-electron chi connectivity index (χ3n) is 7.18. The predicted molar refractivity (Wildman–Crippen MR) is 134 cm³/mol. The Bertz CT molecular complexity index is 1330. The molecule has 0 N–H and O–H groups in total. The van der Waals surface area contributed by atoms with Crippen LogP contribution in [0.1, 0.15) is 52.0 Å². The van der Waals surface area contributed by atoms with Crippen molar-refractivity contribution >= 4 is 17.0 Å². The van der Waals surface area contributed by atoms with E-state index in [1.165, 1.54) is 0 Å². The topological polar surface area (TPSA) is 56.6 Å². The number of anilines is 1. The molecule has 2 aromatic rings. The van der Waals surface area contributed by atoms with E-state index in [1.54, 1.807) is 0 Å². The Labute approximate surface area is 201 Å². The molecule has 0 aromatic heterocycles. The minimum atomic E-state index is -0.305. The molecule has 0 radical (unpaired) electrons. The Morgan fingerprint density at radius 1 is 1.12 bits per heavy atom. The maximum Gasteiger partial charge on any atom is 0.193 e. The predicted octanol–water partition coefficient (Wildman–Crippen LogP) is 3.79. The number of fused-ring (bicyclic) bond motifs is 3. The molecular formula is C29H29N3O2. The normalized spacial score (nSPS) is 18.1. The lowest BCUT2D eigenvalue weighted by atomic mass is 9.68. The van der Waals surface area contributed by atoms with Crippen molar-refractivity contribution in [3.05, 3.63) is 69.3 Å². The van der Waals surface area contributed by atoms with Gasteiger partial charge in [-0.15, -0.1) is 0 Å². The summed E-state index contributed by atoms with van der Waals surface area (Å²) >= 11 is 0. The van der Waals surface area contributed by atoms with Crippen molar-refractivity contribution in [2.45, 2.75) is 25.7 Å². The van der Waals surface area contributed by atoms with Crippen molar-refractivity contribution in [1.29, 1.82) is 5.26 Å². The molecule has 0 saturated carbocycles. The summed E-state index contributed by atoms with van der Waals surface area (Å²) in [7, 11) is 4.00. The third-order valence-corrected chi connectivity index (χ3v) is 7.18. The Morgan fingerprint density at radius 3 is 2.59 bits per heavy atom. The van der Waals surface area contributed by atoms with Crippen LogP contribution in [0.3, 0.4) is 0 Å². The molecule has 2 aliphatic carbocycles. The first-order valence-electron chi connectivity index (χ1n) is 11.8. The molecule has 172 valence electrons.